The van der Waals surface area contributed by atoms with Gasteiger partial charge in [0.05, 0.1) is 0 Å². The molecule has 32 heavy (non-hydrogen) atoms. The second-order valence-electron chi connectivity index (χ2n) is 11.2. The predicted octanol–water partition coefficient (Wildman–Crippen LogP) is 7.58. The van der Waals surface area contributed by atoms with Crippen molar-refractivity contribution in [1.82, 2.24) is 18.7 Å². The molecule has 3 fully saturated rings. The SMILES string of the molecule is CCN(C)[P+](N(C)C1CCCCCC1)(N(C)C1CCCCCC1)N(C)C1CCCCCC1. The van der Waals surface area contributed by atoms with Crippen LogP contribution in [0.15, 0.2) is 0 Å². The largest absolute Gasteiger partial charge is 0.308 e. The van der Waals surface area contributed by atoms with Crippen molar-refractivity contribution in [2.24, 2.45) is 0 Å². The van der Waals surface area contributed by atoms with Crippen LogP contribution in [0.2, 0.25) is 0 Å². The molecule has 3 rings (SSSR count). The second-order valence-corrected chi connectivity index (χ2v) is 14.8. The van der Waals surface area contributed by atoms with Crippen molar-refractivity contribution in [3.63, 3.8) is 0 Å². The van der Waals surface area contributed by atoms with Gasteiger partial charge in [-0.05, 0) is 45.4 Å². The zero-order valence-electron chi connectivity index (χ0n) is 22.4. The Balaban J connectivity index is 2.01. The molecule has 0 radical (unpaired) electrons. The Morgan fingerprint density at radius 2 is 0.719 bits per heavy atom. The molecule has 0 aromatic heterocycles. The van der Waals surface area contributed by atoms with Gasteiger partial charge >= 0.3 is 7.87 Å². The molecule has 0 spiro atoms. The monoisotopic (exact) mass is 467 g/mol. The molecule has 0 aliphatic heterocycles. The van der Waals surface area contributed by atoms with Gasteiger partial charge in [-0.3, -0.25) is 0 Å². The third kappa shape index (κ3) is 6.09. The van der Waals surface area contributed by atoms with E-state index in [2.05, 4.69) is 53.8 Å². The van der Waals surface area contributed by atoms with Crippen LogP contribution in [0.3, 0.4) is 0 Å². The van der Waals surface area contributed by atoms with E-state index in [0.29, 0.717) is 0 Å². The van der Waals surface area contributed by atoms with E-state index in [4.69, 9.17) is 0 Å². The maximum absolute atomic E-state index is 2.97. The van der Waals surface area contributed by atoms with Crippen molar-refractivity contribution in [2.45, 2.75) is 141 Å². The number of rotatable bonds is 8. The first-order chi connectivity index (χ1) is 15.5. The first-order valence-electron chi connectivity index (χ1n) is 14.3. The van der Waals surface area contributed by atoms with E-state index in [1.165, 1.54) is 116 Å². The molecule has 0 N–H and O–H groups in total. The molecule has 0 aromatic carbocycles. The minimum Gasteiger partial charge on any atom is -0.136 e. The predicted molar refractivity (Wildman–Crippen MR) is 143 cm³/mol. The van der Waals surface area contributed by atoms with Crippen molar-refractivity contribution in [2.75, 3.05) is 34.7 Å². The van der Waals surface area contributed by atoms with E-state index in [-0.39, 0.29) is 0 Å². The van der Waals surface area contributed by atoms with Crippen LogP contribution in [-0.2, 0) is 0 Å². The summed E-state index contributed by atoms with van der Waals surface area (Å²) in [5.74, 6) is 0. The molecule has 0 unspecified atom stereocenters. The zero-order chi connectivity index (χ0) is 23.0. The summed E-state index contributed by atoms with van der Waals surface area (Å²) >= 11 is 0. The highest BCUT2D eigenvalue weighted by Crippen LogP contribution is 2.71. The van der Waals surface area contributed by atoms with Crippen molar-refractivity contribution in [3.05, 3.63) is 0 Å². The molecule has 0 amide bonds. The molecule has 5 heteroatoms. The van der Waals surface area contributed by atoms with Gasteiger partial charge in [0.1, 0.15) is 0 Å². The van der Waals surface area contributed by atoms with Gasteiger partial charge in [0.15, 0.2) is 0 Å². The molecular formula is C27H56N4P+. The van der Waals surface area contributed by atoms with Crippen molar-refractivity contribution < 1.29 is 0 Å². The summed E-state index contributed by atoms with van der Waals surface area (Å²) in [6.07, 6.45) is 25.5. The Kier molecular flexibility index (Phi) is 11.2. The van der Waals surface area contributed by atoms with Crippen LogP contribution in [0.1, 0.15) is 122 Å². The third-order valence-electron chi connectivity index (χ3n) is 9.24. The van der Waals surface area contributed by atoms with Crippen molar-refractivity contribution in [3.8, 4) is 0 Å². The molecule has 0 atom stereocenters. The Labute approximate surface area is 202 Å². The fraction of sp³-hybridized carbons (Fsp3) is 1.00. The van der Waals surface area contributed by atoms with Gasteiger partial charge in [-0.1, -0.05) is 77.0 Å². The average Bonchev–Trinajstić information content (AvgIpc) is 3.35. The third-order valence-corrected chi connectivity index (χ3v) is 14.0. The highest BCUT2D eigenvalue weighted by Gasteiger charge is 2.61. The van der Waals surface area contributed by atoms with Crippen LogP contribution in [0.25, 0.3) is 0 Å². The smallest absolute Gasteiger partial charge is 0.136 e. The molecule has 188 valence electrons. The van der Waals surface area contributed by atoms with Crippen LogP contribution in [0, 0.1) is 0 Å². The Morgan fingerprint density at radius 1 is 0.469 bits per heavy atom. The molecule has 3 aliphatic carbocycles. The van der Waals surface area contributed by atoms with Crippen LogP contribution < -0.4 is 0 Å². The summed E-state index contributed by atoms with van der Waals surface area (Å²) in [5, 5.41) is 0. The van der Waals surface area contributed by atoms with Crippen molar-refractivity contribution in [1.29, 1.82) is 0 Å². The molecule has 0 heterocycles. The molecule has 3 saturated carbocycles. The fourth-order valence-corrected chi connectivity index (χ4v) is 12.3. The fourth-order valence-electron chi connectivity index (χ4n) is 7.13. The maximum atomic E-state index is 2.97. The van der Waals surface area contributed by atoms with Crippen LogP contribution in [-0.4, -0.2) is 71.5 Å². The number of hydrogen-bond donors (Lipinski definition) is 0. The molecule has 0 bridgehead atoms. The first-order valence-corrected chi connectivity index (χ1v) is 15.9. The van der Waals surface area contributed by atoms with E-state index >= 15 is 0 Å². The van der Waals surface area contributed by atoms with Gasteiger partial charge in [0.2, 0.25) is 0 Å². The van der Waals surface area contributed by atoms with Gasteiger partial charge in [-0.25, -0.2) is 0 Å². The second kappa shape index (κ2) is 13.4. The van der Waals surface area contributed by atoms with E-state index in [9.17, 15) is 0 Å². The topological polar surface area (TPSA) is 13.0 Å². The first kappa shape index (κ1) is 26.9. The minimum absolute atomic E-state index is 0.737. The van der Waals surface area contributed by atoms with Crippen LogP contribution in [0.5, 0.6) is 0 Å². The van der Waals surface area contributed by atoms with E-state index in [1.807, 2.05) is 0 Å². The summed E-state index contributed by atoms with van der Waals surface area (Å²) < 4.78 is 11.7. The summed E-state index contributed by atoms with van der Waals surface area (Å²) in [4.78, 5) is 0. The lowest BCUT2D eigenvalue weighted by Crippen LogP contribution is -2.55. The summed E-state index contributed by atoms with van der Waals surface area (Å²) in [6.45, 7) is 3.54. The van der Waals surface area contributed by atoms with Gasteiger partial charge in [-0.15, -0.1) is 18.7 Å². The molecular weight excluding hydrogens is 411 g/mol. The average molecular weight is 468 g/mol. The zero-order valence-corrected chi connectivity index (χ0v) is 23.3. The lowest BCUT2D eigenvalue weighted by molar-refractivity contribution is 0.198. The molecule has 3 aliphatic rings. The lowest BCUT2D eigenvalue weighted by Gasteiger charge is -2.53. The Hall–Kier alpha value is 0.270. The summed E-state index contributed by atoms with van der Waals surface area (Å²) in [6, 6.07) is 2.21. The Bertz CT molecular complexity index is 441. The highest BCUT2D eigenvalue weighted by molar-refractivity contribution is 7.66. The lowest BCUT2D eigenvalue weighted by atomic mass is 10.1. The summed E-state index contributed by atoms with van der Waals surface area (Å²) in [7, 11) is 8.28. The van der Waals surface area contributed by atoms with E-state index in [0.717, 1.165) is 24.7 Å². The standard InChI is InChI=1S/C27H56N4P/c1-6-28(2)32(29(3)25-19-13-7-8-14-20-25,30(4)26-21-15-9-10-16-22-26)31(5)27-23-17-11-12-18-24-27/h25-27H,6-24H2,1-5H3/q+1. The van der Waals surface area contributed by atoms with Crippen LogP contribution >= 0.6 is 7.87 Å². The van der Waals surface area contributed by atoms with Crippen molar-refractivity contribution >= 4 is 7.87 Å². The molecule has 4 nitrogen and oxygen atoms in total. The van der Waals surface area contributed by atoms with E-state index in [1.54, 1.807) is 0 Å². The van der Waals surface area contributed by atoms with E-state index < -0.39 is 7.87 Å². The Morgan fingerprint density at radius 3 is 0.938 bits per heavy atom. The maximum Gasteiger partial charge on any atom is 0.308 e. The van der Waals surface area contributed by atoms with Gasteiger partial charge in [-0.2, -0.15) is 0 Å². The molecule has 0 aromatic rings. The normalized spacial score (nSPS) is 24.3. The minimum atomic E-state index is -1.79. The quantitative estimate of drug-likeness (QED) is 0.269. The van der Waals surface area contributed by atoms with Crippen LogP contribution in [0.4, 0.5) is 0 Å². The molecule has 0 saturated heterocycles. The summed E-state index contributed by atoms with van der Waals surface area (Å²) in [5.41, 5.74) is 0. The number of nitrogens with zero attached hydrogens (tertiary/aromatic N) is 4. The van der Waals surface area contributed by atoms with Gasteiger partial charge in [0.25, 0.3) is 0 Å². The number of hydrogen-bond acceptors (Lipinski definition) is 4. The van der Waals surface area contributed by atoms with Gasteiger partial charge < -0.3 is 0 Å². The highest BCUT2D eigenvalue weighted by atomic mass is 31.2. The van der Waals surface area contributed by atoms with Gasteiger partial charge in [0, 0.05) is 52.9 Å².